The fraction of sp³-hybridized carbons (Fsp3) is 0.125. The molecule has 2 aliphatic heterocycles. The first-order valence-electron chi connectivity index (χ1n) is 6.68. The SMILES string of the molecule is O=C1c2ccccc2C(=O)N1Cc1cc(Cl)c2c(c1)OCO2. The van der Waals surface area contributed by atoms with Gasteiger partial charge < -0.3 is 9.47 Å². The Morgan fingerprint density at radius 1 is 1.05 bits per heavy atom. The molecule has 2 aromatic carbocycles. The first kappa shape index (κ1) is 13.2. The highest BCUT2D eigenvalue weighted by Crippen LogP contribution is 2.40. The Bertz CT molecular complexity index is 783. The van der Waals surface area contributed by atoms with E-state index in [1.165, 1.54) is 4.90 Å². The molecule has 5 nitrogen and oxygen atoms in total. The largest absolute Gasteiger partial charge is 0.454 e. The third kappa shape index (κ3) is 1.86. The Hall–Kier alpha value is -2.53. The number of benzene rings is 2. The molecule has 0 saturated heterocycles. The Labute approximate surface area is 131 Å². The Balaban J connectivity index is 1.67. The van der Waals surface area contributed by atoms with Crippen molar-refractivity contribution in [1.82, 2.24) is 4.90 Å². The predicted molar refractivity (Wildman–Crippen MR) is 78.2 cm³/mol. The number of hydrogen-bond acceptors (Lipinski definition) is 4. The van der Waals surface area contributed by atoms with Gasteiger partial charge in [-0.05, 0) is 29.8 Å². The van der Waals surface area contributed by atoms with Crippen LogP contribution in [0.2, 0.25) is 5.02 Å². The van der Waals surface area contributed by atoms with Crippen molar-refractivity contribution < 1.29 is 19.1 Å². The van der Waals surface area contributed by atoms with Gasteiger partial charge in [-0.2, -0.15) is 0 Å². The van der Waals surface area contributed by atoms with Crippen LogP contribution < -0.4 is 9.47 Å². The van der Waals surface area contributed by atoms with Crippen LogP contribution in [0.4, 0.5) is 0 Å². The second-order valence-corrected chi connectivity index (χ2v) is 5.46. The lowest BCUT2D eigenvalue weighted by Gasteiger charge is -2.14. The molecule has 110 valence electrons. The van der Waals surface area contributed by atoms with Crippen LogP contribution in [0.15, 0.2) is 36.4 Å². The molecular weight excluding hydrogens is 306 g/mol. The summed E-state index contributed by atoms with van der Waals surface area (Å²) in [5, 5.41) is 0.404. The number of hydrogen-bond donors (Lipinski definition) is 0. The van der Waals surface area contributed by atoms with Gasteiger partial charge in [0.2, 0.25) is 6.79 Å². The lowest BCUT2D eigenvalue weighted by molar-refractivity contribution is 0.0642. The summed E-state index contributed by atoms with van der Waals surface area (Å²) < 4.78 is 10.6. The maximum Gasteiger partial charge on any atom is 0.261 e. The average molecular weight is 316 g/mol. The van der Waals surface area contributed by atoms with E-state index in [-0.39, 0.29) is 25.2 Å². The Kier molecular flexibility index (Phi) is 2.84. The lowest BCUT2D eigenvalue weighted by atomic mass is 10.1. The van der Waals surface area contributed by atoms with E-state index in [0.29, 0.717) is 33.2 Å². The van der Waals surface area contributed by atoms with Gasteiger partial charge >= 0.3 is 0 Å². The van der Waals surface area contributed by atoms with Crippen molar-refractivity contribution in [2.45, 2.75) is 6.54 Å². The Morgan fingerprint density at radius 3 is 2.41 bits per heavy atom. The van der Waals surface area contributed by atoms with E-state index >= 15 is 0 Å². The number of rotatable bonds is 2. The lowest BCUT2D eigenvalue weighted by Crippen LogP contribution is -2.29. The van der Waals surface area contributed by atoms with Crippen LogP contribution in [0, 0.1) is 0 Å². The van der Waals surface area contributed by atoms with Gasteiger partial charge in [0.05, 0.1) is 22.7 Å². The number of ether oxygens (including phenoxy) is 2. The molecule has 0 N–H and O–H groups in total. The zero-order valence-electron chi connectivity index (χ0n) is 11.3. The van der Waals surface area contributed by atoms with Crippen molar-refractivity contribution in [2.24, 2.45) is 0 Å². The number of carbonyl (C=O) groups is 2. The topological polar surface area (TPSA) is 55.8 Å². The number of carbonyl (C=O) groups excluding carboxylic acids is 2. The second kappa shape index (κ2) is 4.74. The molecule has 6 heteroatoms. The van der Waals surface area contributed by atoms with Crippen LogP contribution in [0.1, 0.15) is 26.3 Å². The van der Waals surface area contributed by atoms with Crippen molar-refractivity contribution in [2.75, 3.05) is 6.79 Å². The first-order valence-corrected chi connectivity index (χ1v) is 7.06. The van der Waals surface area contributed by atoms with Gasteiger partial charge in [0, 0.05) is 0 Å². The van der Waals surface area contributed by atoms with Gasteiger partial charge in [0.25, 0.3) is 11.8 Å². The summed E-state index contributed by atoms with van der Waals surface area (Å²) in [6.07, 6.45) is 0. The minimum absolute atomic E-state index is 0.117. The molecule has 2 aliphatic rings. The molecule has 0 bridgehead atoms. The number of nitrogens with zero attached hydrogens (tertiary/aromatic N) is 1. The molecule has 2 heterocycles. The molecule has 0 radical (unpaired) electrons. The minimum Gasteiger partial charge on any atom is -0.454 e. The van der Waals surface area contributed by atoms with Gasteiger partial charge in [0.15, 0.2) is 11.5 Å². The molecule has 0 aliphatic carbocycles. The molecule has 2 aromatic rings. The van der Waals surface area contributed by atoms with Crippen molar-refractivity contribution in [3.63, 3.8) is 0 Å². The number of amides is 2. The highest BCUT2D eigenvalue weighted by atomic mass is 35.5. The summed E-state index contributed by atoms with van der Waals surface area (Å²) in [5.74, 6) is 0.427. The van der Waals surface area contributed by atoms with E-state index < -0.39 is 0 Å². The maximum absolute atomic E-state index is 12.3. The molecule has 0 fully saturated rings. The fourth-order valence-electron chi connectivity index (χ4n) is 2.68. The number of fused-ring (bicyclic) bond motifs is 2. The highest BCUT2D eigenvalue weighted by Gasteiger charge is 2.35. The van der Waals surface area contributed by atoms with Crippen LogP contribution >= 0.6 is 11.6 Å². The van der Waals surface area contributed by atoms with E-state index in [0.717, 1.165) is 0 Å². The summed E-state index contributed by atoms with van der Waals surface area (Å²) >= 11 is 6.13. The summed E-state index contributed by atoms with van der Waals surface area (Å²) in [4.78, 5) is 25.9. The molecule has 0 aromatic heterocycles. The molecule has 0 unspecified atom stereocenters. The minimum atomic E-state index is -0.297. The third-order valence-corrected chi connectivity index (χ3v) is 3.99. The smallest absolute Gasteiger partial charge is 0.261 e. The first-order chi connectivity index (χ1) is 10.6. The summed E-state index contributed by atoms with van der Waals surface area (Å²) in [6, 6.07) is 10.2. The standard InChI is InChI=1S/C16H10ClNO4/c17-12-5-9(6-13-14(12)22-8-21-13)7-18-15(19)10-3-1-2-4-11(10)16(18)20/h1-6H,7-8H2. The van der Waals surface area contributed by atoms with Crippen LogP contribution in [0.5, 0.6) is 11.5 Å². The summed E-state index contributed by atoms with van der Waals surface area (Å²) in [6.45, 7) is 0.258. The number of halogens is 1. The predicted octanol–water partition coefficient (Wildman–Crippen LogP) is 2.86. The third-order valence-electron chi connectivity index (χ3n) is 3.71. The Morgan fingerprint density at radius 2 is 1.73 bits per heavy atom. The summed E-state index contributed by atoms with van der Waals surface area (Å²) in [5.41, 5.74) is 1.57. The van der Waals surface area contributed by atoms with Crippen LogP contribution in [0.3, 0.4) is 0 Å². The molecule has 0 saturated carbocycles. The monoisotopic (exact) mass is 315 g/mol. The van der Waals surface area contributed by atoms with Crippen molar-refractivity contribution in [3.05, 3.63) is 58.1 Å². The van der Waals surface area contributed by atoms with Gasteiger partial charge in [-0.1, -0.05) is 23.7 Å². The van der Waals surface area contributed by atoms with E-state index in [9.17, 15) is 9.59 Å². The zero-order chi connectivity index (χ0) is 15.3. The van der Waals surface area contributed by atoms with Gasteiger partial charge in [-0.3, -0.25) is 14.5 Å². The van der Waals surface area contributed by atoms with Crippen LogP contribution in [-0.4, -0.2) is 23.5 Å². The highest BCUT2D eigenvalue weighted by molar-refractivity contribution is 6.32. The van der Waals surface area contributed by atoms with Crippen LogP contribution in [-0.2, 0) is 6.54 Å². The summed E-state index contributed by atoms with van der Waals surface area (Å²) in [7, 11) is 0. The second-order valence-electron chi connectivity index (χ2n) is 5.05. The molecule has 0 atom stereocenters. The van der Waals surface area contributed by atoms with Crippen molar-refractivity contribution >= 4 is 23.4 Å². The van der Waals surface area contributed by atoms with Gasteiger partial charge in [-0.15, -0.1) is 0 Å². The van der Waals surface area contributed by atoms with E-state index in [2.05, 4.69) is 0 Å². The number of imide groups is 1. The molecule has 2 amide bonds. The van der Waals surface area contributed by atoms with Gasteiger partial charge in [0.1, 0.15) is 0 Å². The fourth-order valence-corrected chi connectivity index (χ4v) is 2.97. The van der Waals surface area contributed by atoms with Crippen molar-refractivity contribution in [3.8, 4) is 11.5 Å². The van der Waals surface area contributed by atoms with E-state index in [1.54, 1.807) is 36.4 Å². The zero-order valence-corrected chi connectivity index (χ0v) is 12.1. The molecule has 22 heavy (non-hydrogen) atoms. The molecule has 4 rings (SSSR count). The maximum atomic E-state index is 12.3. The molecular formula is C16H10ClNO4. The molecule has 0 spiro atoms. The van der Waals surface area contributed by atoms with Gasteiger partial charge in [-0.25, -0.2) is 0 Å². The average Bonchev–Trinajstić information content (AvgIpc) is 3.08. The van der Waals surface area contributed by atoms with Crippen LogP contribution in [0.25, 0.3) is 0 Å². The normalized spacial score (nSPS) is 15.4. The van der Waals surface area contributed by atoms with E-state index in [4.69, 9.17) is 21.1 Å². The van der Waals surface area contributed by atoms with Crippen molar-refractivity contribution in [1.29, 1.82) is 0 Å². The van der Waals surface area contributed by atoms with E-state index in [1.807, 2.05) is 0 Å². The quantitative estimate of drug-likeness (QED) is 0.800.